The van der Waals surface area contributed by atoms with E-state index in [1.165, 1.54) is 19.3 Å². The van der Waals surface area contributed by atoms with Crippen molar-refractivity contribution in [3.05, 3.63) is 64.8 Å². The van der Waals surface area contributed by atoms with Crippen LogP contribution < -0.4 is 10.1 Å². The van der Waals surface area contributed by atoms with Gasteiger partial charge in [-0.1, -0.05) is 30.3 Å². The van der Waals surface area contributed by atoms with Crippen LogP contribution in [0.15, 0.2) is 53.4 Å². The molecule has 128 valence electrons. The second kappa shape index (κ2) is 7.40. The lowest BCUT2D eigenvalue weighted by Gasteiger charge is -2.16. The van der Waals surface area contributed by atoms with E-state index >= 15 is 0 Å². The average Bonchev–Trinajstić information content (AvgIpc) is 2.89. The number of thioether (sulfide) groups is 1. The topological polar surface area (TPSA) is 58.6 Å². The molecular weight excluding hydrogens is 343 g/mol. The average molecular weight is 358 g/mol. The van der Waals surface area contributed by atoms with Crippen molar-refractivity contribution in [1.29, 1.82) is 0 Å². The lowest BCUT2D eigenvalue weighted by molar-refractivity contribution is -0.122. The molecule has 0 bridgehead atoms. The zero-order chi connectivity index (χ0) is 17.8. The summed E-state index contributed by atoms with van der Waals surface area (Å²) in [6, 6.07) is 13.3. The van der Waals surface area contributed by atoms with Gasteiger partial charge < -0.3 is 10.1 Å². The van der Waals surface area contributed by atoms with Gasteiger partial charge in [0, 0.05) is 5.56 Å². The Hall–Kier alpha value is -2.80. The molecule has 0 saturated carbocycles. The summed E-state index contributed by atoms with van der Waals surface area (Å²) in [6.07, 6.45) is 1.39. The highest BCUT2D eigenvalue weighted by molar-refractivity contribution is 8.18. The summed E-state index contributed by atoms with van der Waals surface area (Å²) in [4.78, 5) is 25.8. The molecule has 2 amide bonds. The maximum absolute atomic E-state index is 13.7. The van der Waals surface area contributed by atoms with Crippen LogP contribution in [-0.2, 0) is 4.79 Å². The van der Waals surface area contributed by atoms with Crippen LogP contribution in [-0.4, -0.2) is 29.8 Å². The van der Waals surface area contributed by atoms with Crippen molar-refractivity contribution in [3.63, 3.8) is 0 Å². The van der Waals surface area contributed by atoms with Gasteiger partial charge in [0.1, 0.15) is 11.6 Å². The molecule has 2 aromatic carbocycles. The number of hydrogen-bond acceptors (Lipinski definition) is 5. The van der Waals surface area contributed by atoms with Crippen LogP contribution in [0.4, 0.5) is 14.9 Å². The molecule has 0 unspecified atom stereocenters. The molecule has 1 N–H and O–H groups in total. The second-order valence-electron chi connectivity index (χ2n) is 5.17. The summed E-state index contributed by atoms with van der Waals surface area (Å²) in [5, 5.41) is 2.60. The summed E-state index contributed by atoms with van der Waals surface area (Å²) in [5.74, 6) is -0.293. The number of benzene rings is 2. The number of imide groups is 1. The molecule has 0 spiro atoms. The minimum Gasteiger partial charge on any atom is -0.495 e. The fourth-order valence-electron chi connectivity index (χ4n) is 2.32. The summed E-state index contributed by atoms with van der Waals surface area (Å²) < 4.78 is 18.9. The maximum atomic E-state index is 13.7. The van der Waals surface area contributed by atoms with Crippen molar-refractivity contribution in [3.8, 4) is 5.75 Å². The van der Waals surface area contributed by atoms with E-state index in [0.717, 1.165) is 16.7 Å². The smallest absolute Gasteiger partial charge is 0.295 e. The Balaban J connectivity index is 1.75. The molecule has 1 saturated heterocycles. The van der Waals surface area contributed by atoms with Crippen molar-refractivity contribution < 1.29 is 18.7 Å². The molecule has 25 heavy (non-hydrogen) atoms. The van der Waals surface area contributed by atoms with Crippen LogP contribution in [0.1, 0.15) is 5.56 Å². The first-order chi connectivity index (χ1) is 12.1. The quantitative estimate of drug-likeness (QED) is 0.821. The molecule has 7 heteroatoms. The Labute approximate surface area is 148 Å². The molecule has 0 atom stereocenters. The molecule has 0 aliphatic carbocycles. The molecule has 2 aromatic rings. The Bertz CT molecular complexity index is 854. The summed E-state index contributed by atoms with van der Waals surface area (Å²) in [5.41, 5.74) is 0.938. The highest BCUT2D eigenvalue weighted by Gasteiger charge is 2.35. The first kappa shape index (κ1) is 17.0. The van der Waals surface area contributed by atoms with Crippen LogP contribution in [0.25, 0.3) is 6.08 Å². The predicted octanol–water partition coefficient (Wildman–Crippen LogP) is 3.94. The lowest BCUT2D eigenvalue weighted by Crippen LogP contribution is -2.33. The number of rotatable bonds is 5. The Kier molecular flexibility index (Phi) is 5.04. The van der Waals surface area contributed by atoms with E-state index in [9.17, 15) is 14.0 Å². The first-order valence-electron chi connectivity index (χ1n) is 7.47. The van der Waals surface area contributed by atoms with E-state index in [1.807, 2.05) is 12.1 Å². The van der Waals surface area contributed by atoms with Crippen molar-refractivity contribution in [1.82, 2.24) is 4.90 Å². The molecule has 1 heterocycles. The maximum Gasteiger partial charge on any atom is 0.295 e. The second-order valence-corrected chi connectivity index (χ2v) is 6.16. The number of methoxy groups -OCH3 is 1. The Morgan fingerprint density at radius 1 is 1.16 bits per heavy atom. The zero-order valence-corrected chi connectivity index (χ0v) is 14.2. The fraction of sp³-hybridized carbons (Fsp3) is 0.111. The zero-order valence-electron chi connectivity index (χ0n) is 13.4. The summed E-state index contributed by atoms with van der Waals surface area (Å²) >= 11 is 0.791. The molecule has 3 rings (SSSR count). The van der Waals surface area contributed by atoms with Crippen molar-refractivity contribution >= 4 is 34.7 Å². The fourth-order valence-corrected chi connectivity index (χ4v) is 3.15. The minimum absolute atomic E-state index is 0.000345. The number of ether oxygens (including phenoxy) is 1. The van der Waals surface area contributed by atoms with Gasteiger partial charge in [0.05, 0.1) is 24.4 Å². The molecule has 5 nitrogen and oxygen atoms in total. The number of amides is 2. The Morgan fingerprint density at radius 2 is 1.88 bits per heavy atom. The number of anilines is 1. The summed E-state index contributed by atoms with van der Waals surface area (Å²) in [7, 11) is 1.54. The van der Waals surface area contributed by atoms with Crippen LogP contribution in [0, 0.1) is 5.82 Å². The van der Waals surface area contributed by atoms with Crippen molar-refractivity contribution in [2.45, 2.75) is 0 Å². The highest BCUT2D eigenvalue weighted by Crippen LogP contribution is 2.33. The van der Waals surface area contributed by atoms with Crippen LogP contribution in [0.3, 0.4) is 0 Å². The molecule has 1 aliphatic rings. The van der Waals surface area contributed by atoms with Crippen LogP contribution >= 0.6 is 11.8 Å². The van der Waals surface area contributed by atoms with Gasteiger partial charge in [-0.05, 0) is 36.0 Å². The van der Waals surface area contributed by atoms with Gasteiger partial charge >= 0.3 is 0 Å². The number of nitrogens with one attached hydrogen (secondary N) is 1. The number of para-hydroxylation sites is 2. The standard InChI is InChI=1S/C18H15FN2O3S/c1-24-15-9-5-4-8-14(15)20-11-21-17(22)16(25-18(21)23)10-12-6-2-3-7-13(12)19/h2-10,20H,11H2,1H3/b16-10+. The van der Waals surface area contributed by atoms with E-state index in [0.29, 0.717) is 11.4 Å². The lowest BCUT2D eigenvalue weighted by atomic mass is 10.2. The number of nitrogens with zero attached hydrogens (tertiary/aromatic N) is 1. The van der Waals surface area contributed by atoms with E-state index in [2.05, 4.69) is 5.32 Å². The van der Waals surface area contributed by atoms with Gasteiger partial charge in [0.25, 0.3) is 11.1 Å². The number of carbonyl (C=O) groups is 2. The summed E-state index contributed by atoms with van der Waals surface area (Å²) in [6.45, 7) is -0.000345. The third-order valence-electron chi connectivity index (χ3n) is 3.60. The first-order valence-corrected chi connectivity index (χ1v) is 8.28. The van der Waals surface area contributed by atoms with Gasteiger partial charge in [-0.3, -0.25) is 14.5 Å². The van der Waals surface area contributed by atoms with Gasteiger partial charge in [-0.2, -0.15) is 0 Å². The van der Waals surface area contributed by atoms with Crippen molar-refractivity contribution in [2.75, 3.05) is 19.1 Å². The van der Waals surface area contributed by atoms with E-state index < -0.39 is 17.0 Å². The highest BCUT2D eigenvalue weighted by atomic mass is 32.2. The third kappa shape index (κ3) is 3.66. The SMILES string of the molecule is COc1ccccc1NCN1C(=O)S/C(=C/c2ccccc2F)C1=O. The van der Waals surface area contributed by atoms with Gasteiger partial charge in [-0.15, -0.1) is 0 Å². The monoisotopic (exact) mass is 358 g/mol. The van der Waals surface area contributed by atoms with Crippen LogP contribution in [0.2, 0.25) is 0 Å². The molecule has 1 aliphatic heterocycles. The molecular formula is C18H15FN2O3S. The van der Waals surface area contributed by atoms with Gasteiger partial charge in [0.15, 0.2) is 0 Å². The van der Waals surface area contributed by atoms with E-state index in [4.69, 9.17) is 4.74 Å². The molecule has 1 fully saturated rings. The third-order valence-corrected chi connectivity index (χ3v) is 4.51. The predicted molar refractivity (Wildman–Crippen MR) is 95.7 cm³/mol. The van der Waals surface area contributed by atoms with E-state index in [1.54, 1.807) is 30.3 Å². The number of carbonyl (C=O) groups excluding carboxylic acids is 2. The van der Waals surface area contributed by atoms with Gasteiger partial charge in [-0.25, -0.2) is 4.39 Å². The number of hydrogen-bond donors (Lipinski definition) is 1. The number of halogens is 1. The van der Waals surface area contributed by atoms with Gasteiger partial charge in [0.2, 0.25) is 0 Å². The minimum atomic E-state index is -0.458. The molecule has 0 radical (unpaired) electrons. The Morgan fingerprint density at radius 3 is 2.64 bits per heavy atom. The normalized spacial score (nSPS) is 15.8. The molecule has 0 aromatic heterocycles. The van der Waals surface area contributed by atoms with Crippen molar-refractivity contribution in [2.24, 2.45) is 0 Å². The van der Waals surface area contributed by atoms with Crippen LogP contribution in [0.5, 0.6) is 5.75 Å². The largest absolute Gasteiger partial charge is 0.495 e. The van der Waals surface area contributed by atoms with E-state index in [-0.39, 0.29) is 17.1 Å².